The molecule has 0 fully saturated rings. The quantitative estimate of drug-likeness (QED) is 0.478. The number of rotatable bonds is 0. The molecule has 1 N–H and O–H groups in total. The van der Waals surface area contributed by atoms with Crippen LogP contribution < -0.4 is 5.31 Å². The SMILES string of the molecule is [3H]N1C=NC2C=CC=C21. The van der Waals surface area contributed by atoms with Crippen LogP contribution in [-0.2, 0) is 0 Å². The fourth-order valence-corrected chi connectivity index (χ4v) is 0.874. The molecule has 1 atom stereocenters. The first-order chi connectivity index (χ1) is 4.38. The van der Waals surface area contributed by atoms with Gasteiger partial charge >= 0.3 is 0 Å². The highest BCUT2D eigenvalue weighted by Crippen LogP contribution is 2.14. The molecule has 1 aliphatic heterocycles. The van der Waals surface area contributed by atoms with E-state index in [1.807, 2.05) is 18.2 Å². The molecule has 1 unspecified atom stereocenters. The summed E-state index contributed by atoms with van der Waals surface area (Å²) in [6, 6.07) is 0.141. The van der Waals surface area contributed by atoms with Crippen LogP contribution in [-0.4, -0.2) is 12.4 Å². The zero-order valence-electron chi connectivity index (χ0n) is 5.28. The van der Waals surface area contributed by atoms with Gasteiger partial charge in [0.2, 0.25) is 0 Å². The van der Waals surface area contributed by atoms with E-state index in [1.54, 1.807) is 0 Å². The predicted octanol–water partition coefficient (Wildman–Crippen LogP) is 0.440. The van der Waals surface area contributed by atoms with E-state index in [1.165, 1.54) is 11.6 Å². The summed E-state index contributed by atoms with van der Waals surface area (Å²) in [5.41, 5.74) is 0.954. The largest absolute Gasteiger partial charge is 0.348 e. The number of nitrogens with zero attached hydrogens (tertiary/aromatic N) is 1. The van der Waals surface area contributed by atoms with Crippen LogP contribution in [0.15, 0.2) is 28.9 Å². The summed E-state index contributed by atoms with van der Waals surface area (Å²) in [6.07, 6.45) is 7.34. The molecule has 1 heterocycles. The summed E-state index contributed by atoms with van der Waals surface area (Å²) in [7, 11) is 0. The van der Waals surface area contributed by atoms with E-state index in [9.17, 15) is 0 Å². The van der Waals surface area contributed by atoms with Crippen molar-refractivity contribution < 1.29 is 1.41 Å². The van der Waals surface area contributed by atoms with E-state index in [-0.39, 0.29) is 6.04 Å². The van der Waals surface area contributed by atoms with Gasteiger partial charge in [-0.25, -0.2) is 0 Å². The van der Waals surface area contributed by atoms with Crippen molar-refractivity contribution in [3.63, 3.8) is 0 Å². The third kappa shape index (κ3) is 0.346. The van der Waals surface area contributed by atoms with Crippen LogP contribution in [0.4, 0.5) is 0 Å². The smallest absolute Gasteiger partial charge is 0.167 e. The van der Waals surface area contributed by atoms with Gasteiger partial charge in [-0.15, -0.1) is 0 Å². The van der Waals surface area contributed by atoms with Gasteiger partial charge in [-0.3, -0.25) is 4.99 Å². The lowest BCUT2D eigenvalue weighted by atomic mass is 10.3. The van der Waals surface area contributed by atoms with Crippen molar-refractivity contribution >= 4 is 6.34 Å². The monoisotopic (exact) mass is 108 g/mol. The van der Waals surface area contributed by atoms with Crippen LogP contribution in [0.5, 0.6) is 0 Å². The van der Waals surface area contributed by atoms with Crippen LogP contribution in [0, 0.1) is 0 Å². The molecule has 0 aromatic heterocycles. The molecule has 2 aliphatic rings. The summed E-state index contributed by atoms with van der Waals surface area (Å²) in [5, 5.41) is 1.30. The normalized spacial score (nSPS) is 33.0. The van der Waals surface area contributed by atoms with Crippen molar-refractivity contribution in [2.45, 2.75) is 6.04 Å². The fourth-order valence-electron chi connectivity index (χ4n) is 0.874. The Hall–Kier alpha value is -1.05. The van der Waals surface area contributed by atoms with Gasteiger partial charge < -0.3 is 5.31 Å². The minimum absolute atomic E-state index is 0.141. The maximum absolute atomic E-state index is 7.24. The van der Waals surface area contributed by atoms with Crippen molar-refractivity contribution in [2.24, 2.45) is 4.99 Å². The molecule has 0 radical (unpaired) electrons. The Kier molecular flexibility index (Phi) is 0.467. The van der Waals surface area contributed by atoms with Gasteiger partial charge in [0.05, 0.1) is 6.34 Å². The zero-order valence-corrected chi connectivity index (χ0v) is 4.28. The number of hydrogen-bond acceptors (Lipinski definition) is 2. The maximum Gasteiger partial charge on any atom is 0.167 e. The lowest BCUT2D eigenvalue weighted by molar-refractivity contribution is 0.977. The Balaban J connectivity index is 2.37. The predicted molar refractivity (Wildman–Crippen MR) is 32.6 cm³/mol. The first kappa shape index (κ1) is 3.07. The standard InChI is InChI=1S/C6H6N2/c1-2-5-6(3-1)8-4-7-5/h1-5H,(H,7,8)/i/hT. The molecule has 2 rings (SSSR count). The number of aliphatic imine (C=N–C) groups is 1. The van der Waals surface area contributed by atoms with Crippen LogP contribution in [0.25, 0.3) is 0 Å². The third-order valence-corrected chi connectivity index (χ3v) is 1.30. The average molecular weight is 108 g/mol. The highest BCUT2D eigenvalue weighted by Gasteiger charge is 2.14. The number of fused-ring (bicyclic) bond motifs is 1. The summed E-state index contributed by atoms with van der Waals surface area (Å²) in [5.74, 6) is 0. The van der Waals surface area contributed by atoms with E-state index in [0.717, 1.165) is 5.70 Å². The van der Waals surface area contributed by atoms with Crippen molar-refractivity contribution in [3.8, 4) is 0 Å². The number of hydrogen-bond donors (Lipinski definition) is 1. The first-order valence-electron chi connectivity index (χ1n) is 3.02. The van der Waals surface area contributed by atoms with Crippen LogP contribution in [0.2, 0.25) is 1.41 Å². The molecular weight excluding hydrogens is 100 g/mol. The lowest BCUT2D eigenvalue weighted by Crippen LogP contribution is -2.07. The van der Waals surface area contributed by atoms with E-state index < -0.39 is 0 Å². The molecule has 0 saturated carbocycles. The maximum atomic E-state index is 7.24. The Morgan fingerprint density at radius 1 is 1.88 bits per heavy atom. The third-order valence-electron chi connectivity index (χ3n) is 1.30. The first-order valence-corrected chi connectivity index (χ1v) is 2.58. The van der Waals surface area contributed by atoms with Gasteiger partial charge in [0.1, 0.15) is 6.04 Å². The van der Waals surface area contributed by atoms with Crippen molar-refractivity contribution in [1.82, 2.24) is 5.31 Å². The summed E-state index contributed by atoms with van der Waals surface area (Å²) < 4.78 is 7.24. The number of nitrogens with one attached hydrogen (secondary N) is 1. The molecule has 0 bridgehead atoms. The Labute approximate surface area is 49.1 Å². The highest BCUT2D eigenvalue weighted by molar-refractivity contribution is 5.65. The second-order valence-corrected chi connectivity index (χ2v) is 1.81. The van der Waals surface area contributed by atoms with E-state index >= 15 is 0 Å². The molecule has 0 aromatic carbocycles. The zero-order chi connectivity index (χ0) is 6.27. The van der Waals surface area contributed by atoms with E-state index in [2.05, 4.69) is 4.99 Å². The molecular formula is C6H6N2. The van der Waals surface area contributed by atoms with Crippen molar-refractivity contribution in [1.29, 1.82) is 0 Å². The number of allylic oxidation sites excluding steroid dienone is 2. The lowest BCUT2D eigenvalue weighted by Gasteiger charge is -1.95. The van der Waals surface area contributed by atoms with Gasteiger partial charge in [-0.2, -0.15) is 0 Å². The van der Waals surface area contributed by atoms with Gasteiger partial charge in [-0.05, 0) is 6.08 Å². The molecule has 1 aliphatic carbocycles. The Morgan fingerprint density at radius 3 is 3.75 bits per heavy atom. The van der Waals surface area contributed by atoms with Gasteiger partial charge in [0.15, 0.2) is 1.41 Å². The molecule has 8 heavy (non-hydrogen) atoms. The minimum Gasteiger partial charge on any atom is -0.348 e. The van der Waals surface area contributed by atoms with Crippen LogP contribution in [0.1, 0.15) is 0 Å². The van der Waals surface area contributed by atoms with Crippen LogP contribution >= 0.6 is 0 Å². The van der Waals surface area contributed by atoms with Gasteiger partial charge in [0.25, 0.3) is 0 Å². The summed E-state index contributed by atoms with van der Waals surface area (Å²) in [4.78, 5) is 4.04. The average Bonchev–Trinajstić information content (AvgIpc) is 2.35. The molecule has 0 aromatic rings. The topological polar surface area (TPSA) is 24.4 Å². The van der Waals surface area contributed by atoms with Gasteiger partial charge in [0, 0.05) is 5.70 Å². The Morgan fingerprint density at radius 2 is 2.88 bits per heavy atom. The molecule has 0 saturated heterocycles. The molecule has 0 spiro atoms. The molecule has 2 nitrogen and oxygen atoms in total. The molecule has 0 amide bonds. The highest BCUT2D eigenvalue weighted by atomic mass is 15.1. The summed E-state index contributed by atoms with van der Waals surface area (Å²) >= 11 is 0. The van der Waals surface area contributed by atoms with Gasteiger partial charge in [-0.1, -0.05) is 12.2 Å². The van der Waals surface area contributed by atoms with Crippen LogP contribution in [0.3, 0.4) is 0 Å². The van der Waals surface area contributed by atoms with Crippen molar-refractivity contribution in [2.75, 3.05) is 0 Å². The van der Waals surface area contributed by atoms with E-state index in [0.29, 0.717) is 0 Å². The fraction of sp³-hybridized carbons (Fsp3) is 0.167. The minimum atomic E-state index is 0.141. The Bertz CT molecular complexity index is 217. The molecule has 2 heteroatoms. The second-order valence-electron chi connectivity index (χ2n) is 1.81. The van der Waals surface area contributed by atoms with Crippen molar-refractivity contribution in [3.05, 3.63) is 23.9 Å². The second kappa shape index (κ2) is 1.22. The molecule has 40 valence electrons. The van der Waals surface area contributed by atoms with E-state index in [4.69, 9.17) is 1.41 Å². The summed E-state index contributed by atoms with van der Waals surface area (Å²) in [6.45, 7) is 0.